The van der Waals surface area contributed by atoms with Gasteiger partial charge in [-0.3, -0.25) is 4.72 Å². The van der Waals surface area contributed by atoms with Gasteiger partial charge in [0.05, 0.1) is 4.90 Å². The van der Waals surface area contributed by atoms with Crippen molar-refractivity contribution in [1.82, 2.24) is 10.3 Å². The lowest BCUT2D eigenvalue weighted by Gasteiger charge is -2.08. The third kappa shape index (κ3) is 3.33. The highest BCUT2D eigenvalue weighted by molar-refractivity contribution is 7.93. The van der Waals surface area contributed by atoms with Crippen LogP contribution < -0.4 is 10.0 Å². The molecule has 108 valence electrons. The summed E-state index contributed by atoms with van der Waals surface area (Å²) in [6, 6.07) is 3.69. The minimum absolute atomic E-state index is 0.0111. The molecule has 1 aromatic heterocycles. The maximum Gasteiger partial charge on any atom is 0.263 e. The minimum Gasteiger partial charge on any atom is -0.316 e. The normalized spacial score (nSPS) is 11.6. The molecule has 0 radical (unpaired) electrons. The summed E-state index contributed by atoms with van der Waals surface area (Å²) < 4.78 is 40.3. The van der Waals surface area contributed by atoms with Crippen LogP contribution in [0.25, 0.3) is 0 Å². The maximum atomic E-state index is 13.5. The molecular formula is C12H14FN3O2S2. The van der Waals surface area contributed by atoms with Crippen LogP contribution in [0.2, 0.25) is 0 Å². The number of halogens is 1. The molecule has 1 aromatic carbocycles. The second-order valence-electron chi connectivity index (χ2n) is 4.17. The van der Waals surface area contributed by atoms with Gasteiger partial charge in [-0.15, -0.1) is 11.3 Å². The zero-order chi connectivity index (χ0) is 14.8. The van der Waals surface area contributed by atoms with Crippen LogP contribution in [0.1, 0.15) is 10.4 Å². The van der Waals surface area contributed by atoms with E-state index in [1.807, 2.05) is 6.92 Å². The van der Waals surface area contributed by atoms with E-state index in [0.717, 1.165) is 10.9 Å². The minimum atomic E-state index is -3.75. The Morgan fingerprint density at radius 2 is 2.15 bits per heavy atom. The van der Waals surface area contributed by atoms with Crippen LogP contribution in [0, 0.1) is 12.7 Å². The topological polar surface area (TPSA) is 71.1 Å². The maximum absolute atomic E-state index is 13.5. The molecular weight excluding hydrogens is 301 g/mol. The van der Waals surface area contributed by atoms with Crippen LogP contribution in [0.15, 0.2) is 29.3 Å². The van der Waals surface area contributed by atoms with Gasteiger partial charge in [0.1, 0.15) is 5.82 Å². The van der Waals surface area contributed by atoms with Crippen molar-refractivity contribution in [3.05, 3.63) is 40.7 Å². The first-order valence-corrected chi connectivity index (χ1v) is 8.10. The largest absolute Gasteiger partial charge is 0.316 e. The lowest BCUT2D eigenvalue weighted by atomic mass is 10.2. The Kier molecular flexibility index (Phi) is 4.36. The van der Waals surface area contributed by atoms with E-state index in [1.54, 1.807) is 13.2 Å². The number of aromatic nitrogens is 1. The average Bonchev–Trinajstić information content (AvgIpc) is 2.77. The van der Waals surface area contributed by atoms with Crippen LogP contribution in [0.3, 0.4) is 0 Å². The second-order valence-corrected chi connectivity index (χ2v) is 7.08. The third-order valence-electron chi connectivity index (χ3n) is 2.54. The molecule has 2 N–H and O–H groups in total. The number of anilines is 1. The number of sulfonamides is 1. The van der Waals surface area contributed by atoms with Gasteiger partial charge in [0.25, 0.3) is 10.0 Å². The molecule has 2 aromatic rings. The highest BCUT2D eigenvalue weighted by Gasteiger charge is 2.17. The fourth-order valence-corrected chi connectivity index (χ4v) is 3.58. The summed E-state index contributed by atoms with van der Waals surface area (Å²) in [5.41, 5.74) is 0.297. The summed E-state index contributed by atoms with van der Waals surface area (Å²) in [6.07, 6.45) is 1.58. The summed E-state index contributed by atoms with van der Waals surface area (Å²) in [5.74, 6) is -0.441. The van der Waals surface area contributed by atoms with E-state index in [-0.39, 0.29) is 11.4 Å². The predicted octanol–water partition coefficient (Wildman–Crippen LogP) is 2.11. The van der Waals surface area contributed by atoms with Gasteiger partial charge in [-0.05, 0) is 32.2 Å². The molecule has 2 rings (SSSR count). The molecule has 8 heteroatoms. The zero-order valence-corrected chi connectivity index (χ0v) is 12.6. The predicted molar refractivity (Wildman–Crippen MR) is 76.8 cm³/mol. The van der Waals surface area contributed by atoms with Crippen molar-refractivity contribution in [2.75, 3.05) is 11.8 Å². The lowest BCUT2D eigenvalue weighted by Crippen LogP contribution is -2.14. The Morgan fingerprint density at radius 1 is 1.40 bits per heavy atom. The molecule has 0 unspecified atom stereocenters. The van der Waals surface area contributed by atoms with E-state index in [2.05, 4.69) is 15.0 Å². The van der Waals surface area contributed by atoms with E-state index >= 15 is 0 Å². The molecule has 0 aliphatic carbocycles. The second kappa shape index (κ2) is 5.86. The van der Waals surface area contributed by atoms with E-state index < -0.39 is 15.8 Å². The van der Waals surface area contributed by atoms with Crippen molar-refractivity contribution >= 4 is 26.5 Å². The molecule has 0 spiro atoms. The first-order valence-electron chi connectivity index (χ1n) is 5.80. The Balaban J connectivity index is 2.31. The summed E-state index contributed by atoms with van der Waals surface area (Å²) in [7, 11) is -2.09. The van der Waals surface area contributed by atoms with Crippen LogP contribution >= 0.6 is 11.3 Å². The quantitative estimate of drug-likeness (QED) is 0.886. The first kappa shape index (κ1) is 14.9. The molecule has 5 nitrogen and oxygen atoms in total. The molecule has 0 saturated heterocycles. The highest BCUT2D eigenvalue weighted by atomic mass is 32.2. The lowest BCUT2D eigenvalue weighted by molar-refractivity contribution is 0.591. The number of rotatable bonds is 5. The van der Waals surface area contributed by atoms with Gasteiger partial charge in [-0.1, -0.05) is 0 Å². The van der Waals surface area contributed by atoms with Crippen molar-refractivity contribution in [1.29, 1.82) is 0 Å². The number of thiazole rings is 1. The number of hydrogen-bond donors (Lipinski definition) is 2. The Hall–Kier alpha value is -1.51. The van der Waals surface area contributed by atoms with E-state index in [9.17, 15) is 12.8 Å². The van der Waals surface area contributed by atoms with E-state index in [1.165, 1.54) is 23.5 Å². The molecule has 0 aliphatic rings. The van der Waals surface area contributed by atoms with Crippen molar-refractivity contribution < 1.29 is 12.8 Å². The summed E-state index contributed by atoms with van der Waals surface area (Å²) in [6.45, 7) is 2.09. The van der Waals surface area contributed by atoms with Crippen molar-refractivity contribution in [3.63, 3.8) is 0 Å². The molecule has 0 fully saturated rings. The summed E-state index contributed by atoms with van der Waals surface area (Å²) in [4.78, 5) is 4.86. The monoisotopic (exact) mass is 315 g/mol. The molecule has 0 saturated carbocycles. The number of aryl methyl sites for hydroxylation is 1. The number of nitrogens with one attached hydrogen (secondary N) is 2. The first-order chi connectivity index (χ1) is 9.42. The Morgan fingerprint density at radius 3 is 2.75 bits per heavy atom. The number of hydrogen-bond acceptors (Lipinski definition) is 5. The Bertz CT molecular complexity index is 713. The SMILES string of the molecule is CNCc1cc(S(=O)(=O)Nc2ncc(C)s2)ccc1F. The van der Waals surface area contributed by atoms with Gasteiger partial charge in [0.15, 0.2) is 5.13 Å². The fourth-order valence-electron chi connectivity index (χ4n) is 1.62. The summed E-state index contributed by atoms with van der Waals surface area (Å²) >= 11 is 1.24. The van der Waals surface area contributed by atoms with Crippen LogP contribution in [-0.4, -0.2) is 20.4 Å². The molecule has 0 aliphatic heterocycles. The van der Waals surface area contributed by atoms with Gasteiger partial charge in [0, 0.05) is 23.2 Å². The van der Waals surface area contributed by atoms with Gasteiger partial charge in [-0.2, -0.15) is 0 Å². The third-order valence-corrected chi connectivity index (χ3v) is 4.83. The fraction of sp³-hybridized carbons (Fsp3) is 0.250. The van der Waals surface area contributed by atoms with Gasteiger partial charge in [0.2, 0.25) is 0 Å². The average molecular weight is 315 g/mol. The molecule has 0 amide bonds. The van der Waals surface area contributed by atoms with Crippen molar-refractivity contribution in [2.24, 2.45) is 0 Å². The van der Waals surface area contributed by atoms with E-state index in [4.69, 9.17) is 0 Å². The number of benzene rings is 1. The highest BCUT2D eigenvalue weighted by Crippen LogP contribution is 2.22. The molecule has 1 heterocycles. The van der Waals surface area contributed by atoms with Crippen molar-refractivity contribution in [3.8, 4) is 0 Å². The smallest absolute Gasteiger partial charge is 0.263 e. The molecule has 20 heavy (non-hydrogen) atoms. The van der Waals surface area contributed by atoms with Crippen LogP contribution in [0.4, 0.5) is 9.52 Å². The number of nitrogens with zero attached hydrogens (tertiary/aromatic N) is 1. The zero-order valence-electron chi connectivity index (χ0n) is 11.0. The van der Waals surface area contributed by atoms with Gasteiger partial charge >= 0.3 is 0 Å². The standard InChI is InChI=1S/C12H14FN3O2S2/c1-8-6-15-12(19-8)16-20(17,18)10-3-4-11(13)9(5-10)7-14-2/h3-6,14H,7H2,1-2H3,(H,15,16). The van der Waals surface area contributed by atoms with Crippen LogP contribution in [0.5, 0.6) is 0 Å². The molecule has 0 bridgehead atoms. The van der Waals surface area contributed by atoms with E-state index in [0.29, 0.717) is 10.7 Å². The van der Waals surface area contributed by atoms with Gasteiger partial charge in [-0.25, -0.2) is 17.8 Å². The Labute approximate surface area is 120 Å². The summed E-state index contributed by atoms with van der Waals surface area (Å²) in [5, 5.41) is 3.08. The van der Waals surface area contributed by atoms with Crippen LogP contribution in [-0.2, 0) is 16.6 Å². The van der Waals surface area contributed by atoms with Crippen molar-refractivity contribution in [2.45, 2.75) is 18.4 Å². The van der Waals surface area contributed by atoms with Gasteiger partial charge < -0.3 is 5.32 Å². The molecule has 0 atom stereocenters.